The maximum Gasteiger partial charge on any atom is 0.147 e. The van der Waals surface area contributed by atoms with E-state index in [9.17, 15) is 14.6 Å². The number of benzene rings is 4. The summed E-state index contributed by atoms with van der Waals surface area (Å²) in [5, 5.41) is 24.6. The lowest BCUT2D eigenvalue weighted by molar-refractivity contribution is 0.466. The predicted octanol–water partition coefficient (Wildman–Crippen LogP) is 9.16. The molecule has 0 fully saturated rings. The summed E-state index contributed by atoms with van der Waals surface area (Å²) in [6.45, 7) is 15.2. The summed E-state index contributed by atoms with van der Waals surface area (Å²) in [5.74, 6) is -0.542. The SMILES string of the molecule is CCc1cc(-c2cc(F)ccc2O)c(O)c(-n2c3cc(C(C)(C)C)ccc3c3ccc(C(C)(C)C)cc32)c1. The Kier molecular flexibility index (Phi) is 6.05. The Balaban J connectivity index is 1.94. The van der Waals surface area contributed by atoms with Crippen molar-refractivity contribution in [1.29, 1.82) is 0 Å². The van der Waals surface area contributed by atoms with E-state index in [2.05, 4.69) is 82.5 Å². The number of phenolic OH excluding ortho intramolecular Hbond substituents is 2. The maximum absolute atomic E-state index is 14.3. The lowest BCUT2D eigenvalue weighted by atomic mass is 9.86. The Hall–Kier alpha value is -3.79. The zero-order valence-corrected chi connectivity index (χ0v) is 23.3. The second-order valence-corrected chi connectivity index (χ2v) is 12.3. The van der Waals surface area contributed by atoms with Crippen molar-refractivity contribution in [2.45, 2.75) is 65.7 Å². The Morgan fingerprint density at radius 3 is 1.74 bits per heavy atom. The van der Waals surface area contributed by atoms with Crippen LogP contribution < -0.4 is 0 Å². The van der Waals surface area contributed by atoms with Crippen molar-refractivity contribution in [3.8, 4) is 28.3 Å². The van der Waals surface area contributed by atoms with E-state index in [4.69, 9.17) is 0 Å². The van der Waals surface area contributed by atoms with Crippen molar-refractivity contribution >= 4 is 21.8 Å². The molecule has 0 unspecified atom stereocenters. The highest BCUT2D eigenvalue weighted by atomic mass is 19.1. The van der Waals surface area contributed by atoms with Crippen molar-refractivity contribution in [2.24, 2.45) is 0 Å². The van der Waals surface area contributed by atoms with Crippen molar-refractivity contribution in [1.82, 2.24) is 4.57 Å². The predicted molar refractivity (Wildman–Crippen MR) is 156 cm³/mol. The number of aryl methyl sites for hydroxylation is 1. The molecule has 196 valence electrons. The smallest absolute Gasteiger partial charge is 0.147 e. The van der Waals surface area contributed by atoms with Crippen LogP contribution in [-0.2, 0) is 17.3 Å². The first-order chi connectivity index (χ1) is 17.8. The molecular formula is C34H36FNO2. The molecule has 4 heteroatoms. The van der Waals surface area contributed by atoms with E-state index in [1.807, 2.05) is 19.1 Å². The molecule has 3 nitrogen and oxygen atoms in total. The third-order valence-corrected chi connectivity index (χ3v) is 7.55. The van der Waals surface area contributed by atoms with E-state index in [0.717, 1.165) is 27.4 Å². The van der Waals surface area contributed by atoms with Crippen LogP contribution in [0.4, 0.5) is 4.39 Å². The Labute approximate surface area is 224 Å². The first-order valence-electron chi connectivity index (χ1n) is 13.2. The summed E-state index contributed by atoms with van der Waals surface area (Å²) in [5.41, 5.74) is 6.53. The van der Waals surface area contributed by atoms with Gasteiger partial charge in [-0.1, -0.05) is 72.7 Å². The van der Waals surface area contributed by atoms with Crippen LogP contribution in [0.25, 0.3) is 38.6 Å². The minimum atomic E-state index is -0.470. The quantitative estimate of drug-likeness (QED) is 0.255. The van der Waals surface area contributed by atoms with Gasteiger partial charge in [0.1, 0.15) is 17.3 Å². The van der Waals surface area contributed by atoms with Gasteiger partial charge in [0.05, 0.1) is 16.7 Å². The van der Waals surface area contributed by atoms with Gasteiger partial charge in [0, 0.05) is 21.9 Å². The Morgan fingerprint density at radius 2 is 1.24 bits per heavy atom. The molecular weight excluding hydrogens is 473 g/mol. The molecule has 0 saturated heterocycles. The van der Waals surface area contributed by atoms with Gasteiger partial charge in [0.15, 0.2) is 0 Å². The summed E-state index contributed by atoms with van der Waals surface area (Å²) < 4.78 is 16.4. The van der Waals surface area contributed by atoms with E-state index in [0.29, 0.717) is 17.7 Å². The van der Waals surface area contributed by atoms with Gasteiger partial charge in [0.25, 0.3) is 0 Å². The van der Waals surface area contributed by atoms with Crippen LogP contribution in [0.2, 0.25) is 0 Å². The van der Waals surface area contributed by atoms with E-state index < -0.39 is 5.82 Å². The average Bonchev–Trinajstić information content (AvgIpc) is 3.17. The molecule has 0 aliphatic heterocycles. The third kappa shape index (κ3) is 4.32. The molecule has 5 rings (SSSR count). The first kappa shape index (κ1) is 25.8. The van der Waals surface area contributed by atoms with Gasteiger partial charge in [-0.15, -0.1) is 0 Å². The molecule has 0 atom stereocenters. The maximum atomic E-state index is 14.3. The second-order valence-electron chi connectivity index (χ2n) is 12.3. The van der Waals surface area contributed by atoms with E-state index in [-0.39, 0.29) is 27.9 Å². The van der Waals surface area contributed by atoms with Crippen LogP contribution >= 0.6 is 0 Å². The van der Waals surface area contributed by atoms with Crippen molar-refractivity contribution in [3.63, 3.8) is 0 Å². The normalized spacial score (nSPS) is 12.5. The van der Waals surface area contributed by atoms with Crippen LogP contribution in [-0.4, -0.2) is 14.8 Å². The minimum absolute atomic E-state index is 0.00391. The highest BCUT2D eigenvalue weighted by Crippen LogP contribution is 2.44. The molecule has 38 heavy (non-hydrogen) atoms. The van der Waals surface area contributed by atoms with E-state index in [1.54, 1.807) is 0 Å². The minimum Gasteiger partial charge on any atom is -0.507 e. The molecule has 0 aliphatic rings. The number of aromatic hydroxyl groups is 2. The number of rotatable bonds is 3. The van der Waals surface area contributed by atoms with Gasteiger partial charge in [-0.2, -0.15) is 0 Å². The summed E-state index contributed by atoms with van der Waals surface area (Å²) in [6.07, 6.45) is 0.716. The molecule has 0 saturated carbocycles. The van der Waals surface area contributed by atoms with Gasteiger partial charge in [-0.3, -0.25) is 0 Å². The summed E-state index contributed by atoms with van der Waals surface area (Å²) in [4.78, 5) is 0. The van der Waals surface area contributed by atoms with Crippen LogP contribution in [0, 0.1) is 5.82 Å². The van der Waals surface area contributed by atoms with E-state index in [1.165, 1.54) is 29.3 Å². The molecule has 0 bridgehead atoms. The molecule has 0 spiro atoms. The standard InChI is InChI=1S/C34H36FNO2/c1-8-20-15-27(26-19-23(35)11-14-31(26)37)32(38)30(16-20)36-28-17-21(33(2,3)4)9-12-24(28)25-13-10-22(18-29(25)36)34(5,6)7/h9-19,37-38H,8H2,1-7H3. The molecule has 1 heterocycles. The molecule has 1 aromatic heterocycles. The fourth-order valence-electron chi connectivity index (χ4n) is 5.19. The number of halogens is 1. The lowest BCUT2D eigenvalue weighted by Gasteiger charge is -2.21. The number of hydrogen-bond acceptors (Lipinski definition) is 2. The second kappa shape index (κ2) is 8.90. The van der Waals surface area contributed by atoms with E-state index >= 15 is 0 Å². The molecule has 5 aromatic rings. The fraction of sp³-hybridized carbons (Fsp3) is 0.294. The number of aromatic nitrogens is 1. The monoisotopic (exact) mass is 509 g/mol. The molecule has 0 radical (unpaired) electrons. The lowest BCUT2D eigenvalue weighted by Crippen LogP contribution is -2.11. The van der Waals surface area contributed by atoms with Gasteiger partial charge in [0.2, 0.25) is 0 Å². The summed E-state index contributed by atoms with van der Waals surface area (Å²) >= 11 is 0. The van der Waals surface area contributed by atoms with Crippen LogP contribution in [0.15, 0.2) is 66.7 Å². The fourth-order valence-corrected chi connectivity index (χ4v) is 5.19. The molecule has 0 aliphatic carbocycles. The number of phenols is 2. The number of hydrogen-bond donors (Lipinski definition) is 2. The molecule has 4 aromatic carbocycles. The molecule has 0 amide bonds. The van der Waals surface area contributed by atoms with Crippen molar-refractivity contribution in [3.05, 3.63) is 89.2 Å². The van der Waals surface area contributed by atoms with Gasteiger partial charge < -0.3 is 14.8 Å². The van der Waals surface area contributed by atoms with Crippen molar-refractivity contribution in [2.75, 3.05) is 0 Å². The average molecular weight is 510 g/mol. The Morgan fingerprint density at radius 1 is 0.684 bits per heavy atom. The first-order valence-corrected chi connectivity index (χ1v) is 13.2. The van der Waals surface area contributed by atoms with Gasteiger partial charge in [-0.25, -0.2) is 4.39 Å². The van der Waals surface area contributed by atoms with Crippen LogP contribution in [0.3, 0.4) is 0 Å². The zero-order chi connectivity index (χ0) is 27.6. The molecule has 2 N–H and O–H groups in total. The largest absolute Gasteiger partial charge is 0.507 e. The van der Waals surface area contributed by atoms with Gasteiger partial charge in [-0.05, 0) is 76.4 Å². The topological polar surface area (TPSA) is 45.4 Å². The summed E-state index contributed by atoms with van der Waals surface area (Å²) in [7, 11) is 0. The van der Waals surface area contributed by atoms with Crippen LogP contribution in [0.1, 0.15) is 65.2 Å². The highest BCUT2D eigenvalue weighted by Gasteiger charge is 2.23. The van der Waals surface area contributed by atoms with Crippen LogP contribution in [0.5, 0.6) is 11.5 Å². The number of nitrogens with zero attached hydrogens (tertiary/aromatic N) is 1. The number of fused-ring (bicyclic) bond motifs is 3. The zero-order valence-electron chi connectivity index (χ0n) is 23.3. The third-order valence-electron chi connectivity index (χ3n) is 7.55. The van der Waals surface area contributed by atoms with Gasteiger partial charge >= 0.3 is 0 Å². The summed E-state index contributed by atoms with van der Waals surface area (Å²) in [6, 6.07) is 20.8. The van der Waals surface area contributed by atoms with Crippen molar-refractivity contribution < 1.29 is 14.6 Å². The highest BCUT2D eigenvalue weighted by molar-refractivity contribution is 6.10. The Bertz CT molecular complexity index is 1630.